The van der Waals surface area contributed by atoms with Gasteiger partial charge in [0.2, 0.25) is 0 Å². The van der Waals surface area contributed by atoms with Gasteiger partial charge in [-0.1, -0.05) is 5.11 Å². The number of methoxy groups -OCH3 is 1. The van der Waals surface area contributed by atoms with Crippen LogP contribution < -0.4 is 0 Å². The summed E-state index contributed by atoms with van der Waals surface area (Å²) >= 11 is 0. The minimum Gasteiger partial charge on any atom is -0.388 e. The molecule has 1 rings (SSSR count). The number of azide groups is 1. The topological polar surface area (TPSA) is 128 Å². The van der Waals surface area contributed by atoms with Crippen LogP contribution in [0.3, 0.4) is 0 Å². The van der Waals surface area contributed by atoms with Crippen LogP contribution >= 0.6 is 0 Å². The lowest BCUT2D eigenvalue weighted by atomic mass is 9.99. The van der Waals surface area contributed by atoms with Gasteiger partial charge in [0.05, 0.1) is 12.6 Å². The Morgan fingerprint density at radius 1 is 1.33 bits per heavy atom. The number of hydrogen-bond acceptors (Lipinski definition) is 6. The number of aliphatic hydroxyl groups is 3. The first kappa shape index (κ1) is 12.2. The average molecular weight is 219 g/mol. The van der Waals surface area contributed by atoms with Gasteiger partial charge in [0.15, 0.2) is 6.29 Å². The highest BCUT2D eigenvalue weighted by Crippen LogP contribution is 2.21. The molecule has 3 N–H and O–H groups in total. The summed E-state index contributed by atoms with van der Waals surface area (Å²) in [6.07, 6.45) is -5.95. The Morgan fingerprint density at radius 2 is 2.00 bits per heavy atom. The first-order chi connectivity index (χ1) is 7.11. The Morgan fingerprint density at radius 3 is 2.53 bits per heavy atom. The van der Waals surface area contributed by atoms with E-state index in [-0.39, 0.29) is 6.54 Å². The van der Waals surface area contributed by atoms with Crippen molar-refractivity contribution in [2.24, 2.45) is 5.11 Å². The van der Waals surface area contributed by atoms with Gasteiger partial charge < -0.3 is 24.8 Å². The minimum atomic E-state index is -1.39. The molecule has 0 aromatic rings. The number of nitrogens with zero attached hydrogens (tertiary/aromatic N) is 3. The summed E-state index contributed by atoms with van der Waals surface area (Å²) < 4.78 is 9.84. The van der Waals surface area contributed by atoms with Crippen LogP contribution in [0.4, 0.5) is 0 Å². The molecule has 1 aliphatic rings. The molecule has 8 heteroatoms. The van der Waals surface area contributed by atoms with Crippen LogP contribution in [0.2, 0.25) is 0 Å². The van der Waals surface area contributed by atoms with E-state index >= 15 is 0 Å². The van der Waals surface area contributed by atoms with Crippen molar-refractivity contribution in [1.82, 2.24) is 0 Å². The smallest absolute Gasteiger partial charge is 0.186 e. The van der Waals surface area contributed by atoms with E-state index in [4.69, 9.17) is 15.0 Å². The SMILES string of the molecule is CO[C@H]1OC(CN=[N+]=[N-])[C@H](O)C(O)C1O. The molecule has 0 radical (unpaired) electrons. The predicted octanol–water partition coefficient (Wildman–Crippen LogP) is -1.25. The van der Waals surface area contributed by atoms with E-state index in [0.29, 0.717) is 0 Å². The van der Waals surface area contributed by atoms with E-state index in [1.807, 2.05) is 0 Å². The monoisotopic (exact) mass is 219 g/mol. The van der Waals surface area contributed by atoms with Crippen LogP contribution in [0.15, 0.2) is 5.11 Å². The lowest BCUT2D eigenvalue weighted by molar-refractivity contribution is -0.287. The summed E-state index contributed by atoms with van der Waals surface area (Å²) in [6.45, 7) is -0.138. The van der Waals surface area contributed by atoms with Crippen molar-refractivity contribution in [3.05, 3.63) is 10.4 Å². The average Bonchev–Trinajstić information content (AvgIpc) is 2.25. The molecule has 1 saturated heterocycles. The molecule has 0 aliphatic carbocycles. The van der Waals surface area contributed by atoms with Crippen LogP contribution in [0.1, 0.15) is 0 Å². The number of rotatable bonds is 3. The molecular formula is C7H13N3O5. The molecule has 8 nitrogen and oxygen atoms in total. The summed E-state index contributed by atoms with van der Waals surface area (Å²) in [5.41, 5.74) is 8.10. The zero-order valence-electron chi connectivity index (χ0n) is 8.09. The van der Waals surface area contributed by atoms with E-state index < -0.39 is 30.7 Å². The number of hydrogen-bond donors (Lipinski definition) is 3. The van der Waals surface area contributed by atoms with Crippen molar-refractivity contribution in [2.45, 2.75) is 30.7 Å². The van der Waals surface area contributed by atoms with Crippen molar-refractivity contribution in [3.63, 3.8) is 0 Å². The number of ether oxygens (including phenoxy) is 2. The zero-order chi connectivity index (χ0) is 11.4. The van der Waals surface area contributed by atoms with E-state index in [2.05, 4.69) is 10.0 Å². The molecule has 0 saturated carbocycles. The van der Waals surface area contributed by atoms with E-state index in [0.717, 1.165) is 0 Å². The Hall–Kier alpha value is -0.890. The molecular weight excluding hydrogens is 206 g/mol. The second-order valence-corrected chi connectivity index (χ2v) is 3.16. The second kappa shape index (κ2) is 5.26. The Balaban J connectivity index is 2.69. The summed E-state index contributed by atoms with van der Waals surface area (Å²) in [7, 11) is 1.29. The van der Waals surface area contributed by atoms with Crippen molar-refractivity contribution >= 4 is 0 Å². The Bertz CT molecular complexity index is 255. The normalized spacial score (nSPS) is 40.9. The van der Waals surface area contributed by atoms with Crippen molar-refractivity contribution in [1.29, 1.82) is 0 Å². The van der Waals surface area contributed by atoms with Gasteiger partial charge >= 0.3 is 0 Å². The van der Waals surface area contributed by atoms with Crippen LogP contribution in [0.25, 0.3) is 10.4 Å². The fourth-order valence-corrected chi connectivity index (χ4v) is 1.38. The summed E-state index contributed by atoms with van der Waals surface area (Å²) in [5.74, 6) is 0. The molecule has 5 atom stereocenters. The first-order valence-electron chi connectivity index (χ1n) is 4.35. The lowest BCUT2D eigenvalue weighted by Gasteiger charge is -2.39. The summed E-state index contributed by atoms with van der Waals surface area (Å²) in [5, 5.41) is 31.5. The van der Waals surface area contributed by atoms with Gasteiger partial charge in [-0.05, 0) is 5.53 Å². The van der Waals surface area contributed by atoms with Gasteiger partial charge in [-0.25, -0.2) is 0 Å². The Kier molecular flexibility index (Phi) is 4.28. The standard InChI is InChI=1S/C7H13N3O5/c1-14-7-6(13)5(12)4(11)3(15-7)2-9-10-8/h3-7,11-13H,2H2,1H3/t3?,4-,5?,6?,7-/m0/s1. The second-order valence-electron chi connectivity index (χ2n) is 3.16. The van der Waals surface area contributed by atoms with Crippen molar-refractivity contribution in [2.75, 3.05) is 13.7 Å². The fraction of sp³-hybridized carbons (Fsp3) is 1.00. The molecule has 0 bridgehead atoms. The Labute approximate surface area is 85.7 Å². The number of aliphatic hydroxyl groups excluding tert-OH is 3. The van der Waals surface area contributed by atoms with Gasteiger partial charge in [-0.3, -0.25) is 0 Å². The lowest BCUT2D eigenvalue weighted by Crippen LogP contribution is -2.58. The predicted molar refractivity (Wildman–Crippen MR) is 47.7 cm³/mol. The van der Waals surface area contributed by atoms with Gasteiger partial charge in [0, 0.05) is 12.0 Å². The fourth-order valence-electron chi connectivity index (χ4n) is 1.38. The van der Waals surface area contributed by atoms with Crippen molar-refractivity contribution in [3.8, 4) is 0 Å². The third-order valence-corrected chi connectivity index (χ3v) is 2.23. The molecule has 0 amide bonds. The van der Waals surface area contributed by atoms with E-state index in [1.165, 1.54) is 7.11 Å². The zero-order valence-corrected chi connectivity index (χ0v) is 8.09. The quantitative estimate of drug-likeness (QED) is 0.310. The van der Waals surface area contributed by atoms with Gasteiger partial charge in [0.25, 0.3) is 0 Å². The van der Waals surface area contributed by atoms with Crippen LogP contribution in [-0.2, 0) is 9.47 Å². The molecule has 1 heterocycles. The van der Waals surface area contributed by atoms with Gasteiger partial charge in [0.1, 0.15) is 18.3 Å². The molecule has 1 fully saturated rings. The maximum atomic E-state index is 9.47. The minimum absolute atomic E-state index is 0.138. The van der Waals surface area contributed by atoms with Crippen LogP contribution in [-0.4, -0.2) is 59.7 Å². The van der Waals surface area contributed by atoms with Gasteiger partial charge in [-0.15, -0.1) is 0 Å². The van der Waals surface area contributed by atoms with Crippen molar-refractivity contribution < 1.29 is 24.8 Å². The molecule has 86 valence electrons. The molecule has 0 spiro atoms. The summed E-state index contributed by atoms with van der Waals surface area (Å²) in [6, 6.07) is 0. The van der Waals surface area contributed by atoms with Crippen LogP contribution in [0, 0.1) is 0 Å². The van der Waals surface area contributed by atoms with Gasteiger partial charge in [-0.2, -0.15) is 0 Å². The maximum Gasteiger partial charge on any atom is 0.186 e. The molecule has 0 aromatic carbocycles. The maximum absolute atomic E-state index is 9.47. The molecule has 3 unspecified atom stereocenters. The van der Waals surface area contributed by atoms with E-state index in [9.17, 15) is 15.3 Å². The first-order valence-corrected chi connectivity index (χ1v) is 4.35. The third kappa shape index (κ3) is 2.57. The van der Waals surface area contributed by atoms with E-state index in [1.54, 1.807) is 0 Å². The molecule has 15 heavy (non-hydrogen) atoms. The highest BCUT2D eigenvalue weighted by atomic mass is 16.7. The summed E-state index contributed by atoms with van der Waals surface area (Å²) in [4.78, 5) is 2.51. The third-order valence-electron chi connectivity index (χ3n) is 2.23. The highest BCUT2D eigenvalue weighted by molar-refractivity contribution is 4.89. The molecule has 1 aliphatic heterocycles. The largest absolute Gasteiger partial charge is 0.388 e. The molecule has 0 aromatic heterocycles. The van der Waals surface area contributed by atoms with Crippen LogP contribution in [0.5, 0.6) is 0 Å². The highest BCUT2D eigenvalue weighted by Gasteiger charge is 2.43.